The number of aliphatic hydroxyl groups excluding tert-OH is 1. The third-order valence-corrected chi connectivity index (χ3v) is 4.57. The van der Waals surface area contributed by atoms with Crippen molar-refractivity contribution in [3.8, 4) is 0 Å². The molecule has 1 atom stereocenters. The second-order valence-corrected chi connectivity index (χ2v) is 6.42. The minimum atomic E-state index is -0.399. The molecule has 0 saturated heterocycles. The Morgan fingerprint density at radius 3 is 3.00 bits per heavy atom. The molecule has 8 nitrogen and oxygen atoms in total. The van der Waals surface area contributed by atoms with Crippen molar-refractivity contribution in [2.75, 3.05) is 5.01 Å². The summed E-state index contributed by atoms with van der Waals surface area (Å²) >= 11 is 0. The maximum absolute atomic E-state index is 14.2. The molecule has 3 aromatic rings. The number of anilines is 1. The first-order chi connectivity index (χ1) is 13.2. The maximum atomic E-state index is 14.2. The van der Waals surface area contributed by atoms with Crippen LogP contribution in [0.15, 0.2) is 29.8 Å². The SMILES string of the molecule is CCCc1c(CC2CC=NN2c2ncccc2F)ncn2nc(CO)nc12. The van der Waals surface area contributed by atoms with Crippen LogP contribution in [0.2, 0.25) is 0 Å². The molecule has 4 heterocycles. The minimum absolute atomic E-state index is 0.0693. The zero-order chi connectivity index (χ0) is 18.8. The molecule has 0 amide bonds. The van der Waals surface area contributed by atoms with Crippen LogP contribution >= 0.6 is 0 Å². The predicted octanol–water partition coefficient (Wildman–Crippen LogP) is 1.91. The third kappa shape index (κ3) is 3.25. The molecule has 0 fully saturated rings. The zero-order valence-electron chi connectivity index (χ0n) is 15.0. The van der Waals surface area contributed by atoms with Gasteiger partial charge in [-0.2, -0.15) is 5.10 Å². The van der Waals surface area contributed by atoms with Crippen LogP contribution in [0, 0.1) is 5.82 Å². The summed E-state index contributed by atoms with van der Waals surface area (Å²) in [4.78, 5) is 13.1. The molecular formula is C18H20FN7O. The molecule has 4 rings (SSSR count). The van der Waals surface area contributed by atoms with Gasteiger partial charge >= 0.3 is 0 Å². The van der Waals surface area contributed by atoms with Gasteiger partial charge in [0.05, 0.1) is 11.7 Å². The van der Waals surface area contributed by atoms with Gasteiger partial charge in [0.1, 0.15) is 12.9 Å². The molecule has 1 N–H and O–H groups in total. The van der Waals surface area contributed by atoms with Crippen LogP contribution < -0.4 is 5.01 Å². The Hall–Kier alpha value is -2.94. The molecule has 3 aromatic heterocycles. The van der Waals surface area contributed by atoms with Crippen molar-refractivity contribution in [3.05, 3.63) is 47.6 Å². The van der Waals surface area contributed by atoms with Crippen LogP contribution in [-0.4, -0.2) is 41.9 Å². The second-order valence-electron chi connectivity index (χ2n) is 6.42. The van der Waals surface area contributed by atoms with Crippen molar-refractivity contribution in [1.29, 1.82) is 0 Å². The lowest BCUT2D eigenvalue weighted by molar-refractivity contribution is 0.271. The number of aryl methyl sites for hydroxylation is 1. The first-order valence-corrected chi connectivity index (χ1v) is 8.96. The lowest BCUT2D eigenvalue weighted by Crippen LogP contribution is -2.30. The number of hydrogen-bond acceptors (Lipinski definition) is 7. The number of fused-ring (bicyclic) bond motifs is 1. The standard InChI is InChI=1S/C18H20FN7O/c1-2-4-13-15(21-11-25-17(13)23-16(10-27)24-25)9-12-6-8-22-26(12)18-14(19)5-3-7-20-18/h3,5,7-8,11-12,27H,2,4,6,9-10H2,1H3. The molecule has 27 heavy (non-hydrogen) atoms. The van der Waals surface area contributed by atoms with Crippen molar-refractivity contribution >= 4 is 17.7 Å². The number of hydrazone groups is 1. The van der Waals surface area contributed by atoms with E-state index >= 15 is 0 Å². The van der Waals surface area contributed by atoms with E-state index in [1.165, 1.54) is 6.07 Å². The fourth-order valence-corrected chi connectivity index (χ4v) is 3.35. The van der Waals surface area contributed by atoms with Crippen LogP contribution in [0.25, 0.3) is 5.65 Å². The number of rotatable bonds is 6. The van der Waals surface area contributed by atoms with Gasteiger partial charge in [-0.15, -0.1) is 5.10 Å². The van der Waals surface area contributed by atoms with E-state index in [1.54, 1.807) is 34.3 Å². The predicted molar refractivity (Wildman–Crippen MR) is 98.0 cm³/mol. The number of hydrogen-bond donors (Lipinski definition) is 1. The molecule has 0 aliphatic carbocycles. The van der Waals surface area contributed by atoms with Gasteiger partial charge in [0.2, 0.25) is 0 Å². The van der Waals surface area contributed by atoms with Gasteiger partial charge in [-0.05, 0) is 18.6 Å². The fourth-order valence-electron chi connectivity index (χ4n) is 3.35. The smallest absolute Gasteiger partial charge is 0.185 e. The highest BCUT2D eigenvalue weighted by molar-refractivity contribution is 5.66. The molecule has 9 heteroatoms. The van der Waals surface area contributed by atoms with Gasteiger partial charge in [-0.1, -0.05) is 13.3 Å². The van der Waals surface area contributed by atoms with Gasteiger partial charge in [0, 0.05) is 30.8 Å². The molecule has 1 aliphatic rings. The average molecular weight is 369 g/mol. The largest absolute Gasteiger partial charge is 0.388 e. The van der Waals surface area contributed by atoms with Gasteiger partial charge < -0.3 is 5.11 Å². The van der Waals surface area contributed by atoms with Gasteiger partial charge in [0.25, 0.3) is 0 Å². The minimum Gasteiger partial charge on any atom is -0.388 e. The number of aromatic nitrogens is 5. The first kappa shape index (κ1) is 17.5. The summed E-state index contributed by atoms with van der Waals surface area (Å²) in [5.41, 5.74) is 2.60. The third-order valence-electron chi connectivity index (χ3n) is 4.57. The number of pyridine rings is 1. The summed E-state index contributed by atoms with van der Waals surface area (Å²) in [5.74, 6) is 0.191. The van der Waals surface area contributed by atoms with E-state index in [0.29, 0.717) is 24.3 Å². The van der Waals surface area contributed by atoms with E-state index in [4.69, 9.17) is 0 Å². The lowest BCUT2D eigenvalue weighted by atomic mass is 10.0. The zero-order valence-corrected chi connectivity index (χ0v) is 15.0. The molecule has 140 valence electrons. The van der Waals surface area contributed by atoms with Crippen LogP contribution in [0.4, 0.5) is 10.2 Å². The molecule has 1 unspecified atom stereocenters. The summed E-state index contributed by atoms with van der Waals surface area (Å²) in [6, 6.07) is 2.87. The summed E-state index contributed by atoms with van der Waals surface area (Å²) < 4.78 is 15.8. The van der Waals surface area contributed by atoms with Gasteiger partial charge in [-0.3, -0.25) is 0 Å². The van der Waals surface area contributed by atoms with Crippen LogP contribution in [0.1, 0.15) is 36.8 Å². The van der Waals surface area contributed by atoms with E-state index < -0.39 is 5.82 Å². The monoisotopic (exact) mass is 369 g/mol. The molecule has 0 radical (unpaired) electrons. The average Bonchev–Trinajstić information content (AvgIpc) is 3.31. The number of halogens is 1. The fraction of sp³-hybridized carbons (Fsp3) is 0.389. The summed E-state index contributed by atoms with van der Waals surface area (Å²) in [7, 11) is 0. The van der Waals surface area contributed by atoms with E-state index in [2.05, 4.69) is 32.1 Å². The van der Waals surface area contributed by atoms with Crippen molar-refractivity contribution < 1.29 is 9.50 Å². The summed E-state index contributed by atoms with van der Waals surface area (Å²) in [6.45, 7) is 1.87. The van der Waals surface area contributed by atoms with E-state index in [-0.39, 0.29) is 18.5 Å². The van der Waals surface area contributed by atoms with Crippen LogP contribution in [0.3, 0.4) is 0 Å². The Labute approximate surface area is 155 Å². The molecule has 0 saturated carbocycles. The van der Waals surface area contributed by atoms with Gasteiger partial charge in [0.15, 0.2) is 23.1 Å². The molecule has 0 bridgehead atoms. The highest BCUT2D eigenvalue weighted by Crippen LogP contribution is 2.26. The molecule has 0 aromatic carbocycles. The van der Waals surface area contributed by atoms with Crippen LogP contribution in [-0.2, 0) is 19.4 Å². The topological polar surface area (TPSA) is 91.8 Å². The Morgan fingerprint density at radius 1 is 1.33 bits per heavy atom. The van der Waals surface area contributed by atoms with E-state index in [0.717, 1.165) is 24.1 Å². The maximum Gasteiger partial charge on any atom is 0.185 e. The van der Waals surface area contributed by atoms with Gasteiger partial charge in [-0.25, -0.2) is 28.9 Å². The molecule has 1 aliphatic heterocycles. The molecular weight excluding hydrogens is 349 g/mol. The second kappa shape index (κ2) is 7.36. The highest BCUT2D eigenvalue weighted by Gasteiger charge is 2.27. The highest BCUT2D eigenvalue weighted by atomic mass is 19.1. The molecule has 0 spiro atoms. The van der Waals surface area contributed by atoms with Crippen molar-refractivity contribution in [1.82, 2.24) is 24.6 Å². The van der Waals surface area contributed by atoms with Crippen molar-refractivity contribution in [3.63, 3.8) is 0 Å². The number of nitrogens with zero attached hydrogens (tertiary/aromatic N) is 7. The summed E-state index contributed by atoms with van der Waals surface area (Å²) in [5, 5.41) is 19.5. The Bertz CT molecular complexity index is 987. The lowest BCUT2D eigenvalue weighted by Gasteiger charge is -2.23. The first-order valence-electron chi connectivity index (χ1n) is 8.96. The summed E-state index contributed by atoms with van der Waals surface area (Å²) in [6.07, 6.45) is 7.93. The Morgan fingerprint density at radius 2 is 2.22 bits per heavy atom. The normalized spacial score (nSPS) is 16.6. The quantitative estimate of drug-likeness (QED) is 0.714. The Kier molecular flexibility index (Phi) is 4.76. The van der Waals surface area contributed by atoms with E-state index in [9.17, 15) is 9.50 Å². The van der Waals surface area contributed by atoms with Crippen molar-refractivity contribution in [2.45, 2.75) is 45.3 Å². The number of aliphatic hydroxyl groups is 1. The van der Waals surface area contributed by atoms with Crippen LogP contribution in [0.5, 0.6) is 0 Å². The van der Waals surface area contributed by atoms with Crippen molar-refractivity contribution in [2.24, 2.45) is 5.10 Å². The Balaban J connectivity index is 1.68. The van der Waals surface area contributed by atoms with E-state index in [1.807, 2.05) is 0 Å².